The van der Waals surface area contributed by atoms with E-state index >= 15 is 0 Å². The lowest BCUT2D eigenvalue weighted by molar-refractivity contribution is -0.143. The minimum atomic E-state index is 0.00961. The van der Waals surface area contributed by atoms with Gasteiger partial charge in [-0.15, -0.1) is 0 Å². The first-order valence-electron chi connectivity index (χ1n) is 17.3. The van der Waals surface area contributed by atoms with E-state index in [1.807, 2.05) is 0 Å². The Morgan fingerprint density at radius 3 is 1.13 bits per heavy atom. The Hall–Kier alpha value is -1.05. The van der Waals surface area contributed by atoms with E-state index < -0.39 is 0 Å². The first-order chi connectivity index (χ1) is 18.8. The molecule has 0 amide bonds. The van der Waals surface area contributed by atoms with Crippen LogP contribution in [0.2, 0.25) is 0 Å². The van der Waals surface area contributed by atoms with Crippen LogP contribution in [0.3, 0.4) is 0 Å². The van der Waals surface area contributed by atoms with Crippen LogP contribution >= 0.6 is 0 Å². The molecule has 0 atom stereocenters. The molecule has 0 N–H and O–H groups in total. The van der Waals surface area contributed by atoms with Crippen molar-refractivity contribution in [3.8, 4) is 0 Å². The summed E-state index contributed by atoms with van der Waals surface area (Å²) in [4.78, 5) is 11.9. The van der Waals surface area contributed by atoms with Crippen LogP contribution in [0.4, 0.5) is 0 Å². The van der Waals surface area contributed by atoms with E-state index in [-0.39, 0.29) is 5.97 Å². The lowest BCUT2D eigenvalue weighted by Crippen LogP contribution is -2.05. The Morgan fingerprint density at radius 2 is 0.737 bits per heavy atom. The predicted octanol–water partition coefficient (Wildman–Crippen LogP) is 12.6. The first kappa shape index (κ1) is 37.0. The smallest absolute Gasteiger partial charge is 0.305 e. The molecule has 0 aromatic carbocycles. The summed E-state index contributed by atoms with van der Waals surface area (Å²) in [5, 5.41) is 0. The lowest BCUT2D eigenvalue weighted by atomic mass is 10.1. The maximum absolute atomic E-state index is 11.9. The molecule has 0 rings (SSSR count). The highest BCUT2D eigenvalue weighted by Crippen LogP contribution is 2.12. The third-order valence-corrected chi connectivity index (χ3v) is 7.56. The largest absolute Gasteiger partial charge is 0.466 e. The maximum Gasteiger partial charge on any atom is 0.305 e. The number of carbonyl (C=O) groups is 1. The van der Waals surface area contributed by atoms with Crippen LogP contribution in [0, 0.1) is 0 Å². The number of ether oxygens (including phenoxy) is 1. The highest BCUT2D eigenvalue weighted by Gasteiger charge is 2.02. The summed E-state index contributed by atoms with van der Waals surface area (Å²) >= 11 is 0. The van der Waals surface area contributed by atoms with Gasteiger partial charge >= 0.3 is 5.97 Å². The monoisotopic (exact) mass is 533 g/mol. The number of unbranched alkanes of at least 4 members (excludes halogenated alkanes) is 23. The summed E-state index contributed by atoms with van der Waals surface area (Å²) in [7, 11) is 0. The quantitative estimate of drug-likeness (QED) is 0.0504. The second kappa shape index (κ2) is 34.0. The zero-order valence-electron chi connectivity index (χ0n) is 26.1. The molecule has 0 aliphatic heterocycles. The Labute approximate surface area is 239 Å². The zero-order valence-corrected chi connectivity index (χ0v) is 26.1. The Balaban J connectivity index is 3.23. The van der Waals surface area contributed by atoms with E-state index in [4.69, 9.17) is 4.74 Å². The molecule has 0 aliphatic carbocycles. The van der Waals surface area contributed by atoms with Crippen molar-refractivity contribution >= 4 is 5.97 Å². The van der Waals surface area contributed by atoms with E-state index in [1.54, 1.807) is 0 Å². The van der Waals surface area contributed by atoms with E-state index in [1.165, 1.54) is 154 Å². The number of rotatable bonds is 31. The van der Waals surface area contributed by atoms with Gasteiger partial charge in [-0.1, -0.05) is 147 Å². The average Bonchev–Trinajstić information content (AvgIpc) is 2.92. The van der Waals surface area contributed by atoms with Crippen LogP contribution in [0.5, 0.6) is 0 Å². The molecule has 224 valence electrons. The molecule has 0 fully saturated rings. The topological polar surface area (TPSA) is 26.3 Å². The van der Waals surface area contributed by atoms with Gasteiger partial charge in [0, 0.05) is 6.42 Å². The van der Waals surface area contributed by atoms with Gasteiger partial charge in [0.2, 0.25) is 0 Å². The highest BCUT2D eigenvalue weighted by atomic mass is 16.5. The van der Waals surface area contributed by atoms with Gasteiger partial charge in [0.1, 0.15) is 0 Å². The maximum atomic E-state index is 11.9. The highest BCUT2D eigenvalue weighted by molar-refractivity contribution is 5.69. The molecule has 0 aromatic rings. The van der Waals surface area contributed by atoms with Crippen LogP contribution in [-0.2, 0) is 9.53 Å². The third-order valence-electron chi connectivity index (χ3n) is 7.56. The summed E-state index contributed by atoms with van der Waals surface area (Å²) < 4.78 is 5.42. The number of carbonyl (C=O) groups excluding carboxylic acids is 1. The summed E-state index contributed by atoms with van der Waals surface area (Å²) in [6, 6.07) is 0. The number of hydrogen-bond donors (Lipinski definition) is 0. The Kier molecular flexibility index (Phi) is 33.0. The molecule has 0 unspecified atom stereocenters. The molecule has 2 heteroatoms. The fourth-order valence-corrected chi connectivity index (χ4v) is 4.95. The van der Waals surface area contributed by atoms with E-state index in [2.05, 4.69) is 38.2 Å². The Bertz CT molecular complexity index is 507. The molecule has 2 nitrogen and oxygen atoms in total. The standard InChI is InChI=1S/C36H68O2/c1-3-5-7-9-11-13-15-17-19-21-23-25-27-29-31-33-35-38-36(37)34-32-30-28-26-24-22-20-18-16-14-12-10-8-6-4-2/h17-20H,3-16,21-35H2,1-2H3/b19-17?,20-18-. The normalized spacial score (nSPS) is 11.7. The van der Waals surface area contributed by atoms with E-state index in [0.29, 0.717) is 13.0 Å². The van der Waals surface area contributed by atoms with Gasteiger partial charge in [0.25, 0.3) is 0 Å². The molecule has 0 saturated carbocycles. The number of esters is 1. The lowest BCUT2D eigenvalue weighted by Gasteiger charge is -2.05. The van der Waals surface area contributed by atoms with Gasteiger partial charge in [-0.3, -0.25) is 4.79 Å². The zero-order chi connectivity index (χ0) is 27.6. The minimum Gasteiger partial charge on any atom is -0.466 e. The van der Waals surface area contributed by atoms with Gasteiger partial charge in [0.05, 0.1) is 6.61 Å². The van der Waals surface area contributed by atoms with Crippen LogP contribution in [-0.4, -0.2) is 12.6 Å². The molecular formula is C36H68O2. The van der Waals surface area contributed by atoms with Crippen LogP contribution in [0.1, 0.15) is 194 Å². The van der Waals surface area contributed by atoms with Crippen molar-refractivity contribution in [2.75, 3.05) is 6.61 Å². The van der Waals surface area contributed by atoms with Crippen molar-refractivity contribution in [3.05, 3.63) is 24.3 Å². The average molecular weight is 533 g/mol. The third kappa shape index (κ3) is 33.0. The molecule has 0 heterocycles. The fraction of sp³-hybridized carbons (Fsp3) is 0.861. The van der Waals surface area contributed by atoms with Gasteiger partial charge in [-0.25, -0.2) is 0 Å². The summed E-state index contributed by atoms with van der Waals surface area (Å²) in [5.74, 6) is 0.00961. The van der Waals surface area contributed by atoms with Crippen molar-refractivity contribution < 1.29 is 9.53 Å². The molecule has 0 aromatic heterocycles. The van der Waals surface area contributed by atoms with Crippen LogP contribution in [0.25, 0.3) is 0 Å². The second-order valence-electron chi connectivity index (χ2n) is 11.5. The van der Waals surface area contributed by atoms with E-state index in [0.717, 1.165) is 19.3 Å². The van der Waals surface area contributed by atoms with Crippen LogP contribution in [0.15, 0.2) is 24.3 Å². The molecule has 0 spiro atoms. The summed E-state index contributed by atoms with van der Waals surface area (Å²) in [6.07, 6.45) is 45.2. The van der Waals surface area contributed by atoms with Crippen molar-refractivity contribution in [3.63, 3.8) is 0 Å². The molecular weight excluding hydrogens is 464 g/mol. The molecule has 0 saturated heterocycles. The van der Waals surface area contributed by atoms with Crippen molar-refractivity contribution in [2.45, 2.75) is 194 Å². The molecule has 38 heavy (non-hydrogen) atoms. The predicted molar refractivity (Wildman–Crippen MR) is 170 cm³/mol. The SMILES string of the molecule is CCCCCCCCC=CCCCCCCCCOC(=O)CCCCCCC/C=C\CCCCCCCC. The van der Waals surface area contributed by atoms with Crippen molar-refractivity contribution in [1.29, 1.82) is 0 Å². The van der Waals surface area contributed by atoms with Gasteiger partial charge in [-0.2, -0.15) is 0 Å². The van der Waals surface area contributed by atoms with E-state index in [9.17, 15) is 4.79 Å². The molecule has 0 radical (unpaired) electrons. The number of allylic oxidation sites excluding steroid dienone is 4. The number of hydrogen-bond acceptors (Lipinski definition) is 2. The van der Waals surface area contributed by atoms with Crippen molar-refractivity contribution in [1.82, 2.24) is 0 Å². The van der Waals surface area contributed by atoms with Crippen LogP contribution < -0.4 is 0 Å². The Morgan fingerprint density at radius 1 is 0.421 bits per heavy atom. The second-order valence-corrected chi connectivity index (χ2v) is 11.5. The summed E-state index contributed by atoms with van der Waals surface area (Å²) in [6.45, 7) is 5.17. The first-order valence-corrected chi connectivity index (χ1v) is 17.3. The summed E-state index contributed by atoms with van der Waals surface area (Å²) in [5.41, 5.74) is 0. The van der Waals surface area contributed by atoms with Gasteiger partial charge in [0.15, 0.2) is 0 Å². The molecule has 0 aliphatic rings. The minimum absolute atomic E-state index is 0.00961. The van der Waals surface area contributed by atoms with Crippen molar-refractivity contribution in [2.24, 2.45) is 0 Å². The fourth-order valence-electron chi connectivity index (χ4n) is 4.95. The van der Waals surface area contributed by atoms with Gasteiger partial charge in [-0.05, 0) is 64.2 Å². The molecule has 0 bridgehead atoms. The van der Waals surface area contributed by atoms with Gasteiger partial charge < -0.3 is 4.74 Å².